The van der Waals surface area contributed by atoms with Crippen molar-refractivity contribution in [3.8, 4) is 28.5 Å². The first-order valence-corrected chi connectivity index (χ1v) is 12.0. The summed E-state index contributed by atoms with van der Waals surface area (Å²) in [5, 5.41) is 20.2. The number of likely N-dealkylation sites (N-methyl/N-ethyl adjacent to an activating group) is 1. The lowest BCUT2D eigenvalue weighted by Gasteiger charge is -2.22. The molecule has 0 saturated heterocycles. The molecule has 1 aromatic heterocycles. The molecule has 0 bridgehead atoms. The molecule has 0 aliphatic rings. The van der Waals surface area contributed by atoms with Gasteiger partial charge in [-0.15, -0.1) is 0 Å². The average Bonchev–Trinajstić information content (AvgIpc) is 2.93. The quantitative estimate of drug-likeness (QED) is 0.332. The first kappa shape index (κ1) is 26.4. The summed E-state index contributed by atoms with van der Waals surface area (Å²) in [4.78, 5) is 25.3. The molecular weight excluding hydrogens is 484 g/mol. The Labute approximate surface area is 221 Å². The van der Waals surface area contributed by atoms with Crippen LogP contribution in [0.25, 0.3) is 11.3 Å². The number of rotatable bonds is 9. The highest BCUT2D eigenvalue weighted by Crippen LogP contribution is 2.35. The van der Waals surface area contributed by atoms with Crippen molar-refractivity contribution in [2.24, 2.45) is 0 Å². The number of hydrogen-bond acceptors (Lipinski definition) is 8. The van der Waals surface area contributed by atoms with Crippen molar-refractivity contribution >= 4 is 12.0 Å². The number of methoxy groups -OCH3 is 1. The molecule has 1 amide bonds. The number of phenols is 1. The van der Waals surface area contributed by atoms with Crippen molar-refractivity contribution in [1.82, 2.24) is 14.9 Å². The van der Waals surface area contributed by atoms with Crippen LogP contribution in [0.4, 0.5) is 10.7 Å². The normalized spacial score (nSPS) is 11.5. The van der Waals surface area contributed by atoms with Crippen LogP contribution in [0, 0.1) is 0 Å². The van der Waals surface area contributed by atoms with E-state index >= 15 is 0 Å². The minimum Gasteiger partial charge on any atom is -0.508 e. The van der Waals surface area contributed by atoms with E-state index < -0.39 is 12.2 Å². The Morgan fingerprint density at radius 3 is 2.45 bits per heavy atom. The van der Waals surface area contributed by atoms with Crippen molar-refractivity contribution in [2.45, 2.75) is 12.6 Å². The summed E-state index contributed by atoms with van der Waals surface area (Å²) in [6.45, 7) is 0.534. The Morgan fingerprint density at radius 2 is 1.71 bits per heavy atom. The molecule has 0 aliphatic heterocycles. The molecule has 1 unspecified atom stereocenters. The lowest BCUT2D eigenvalue weighted by atomic mass is 10.1. The third kappa shape index (κ3) is 6.37. The Bertz CT molecular complexity index is 1380. The predicted molar refractivity (Wildman–Crippen MR) is 144 cm³/mol. The first-order valence-electron chi connectivity index (χ1n) is 12.0. The van der Waals surface area contributed by atoms with Crippen molar-refractivity contribution in [1.29, 1.82) is 0 Å². The second kappa shape index (κ2) is 12.1. The molecule has 1 atom stereocenters. The number of para-hydroxylation sites is 1. The molecule has 0 radical (unpaired) electrons. The van der Waals surface area contributed by atoms with E-state index in [0.29, 0.717) is 35.1 Å². The van der Waals surface area contributed by atoms with Gasteiger partial charge in [-0.1, -0.05) is 54.6 Å². The fraction of sp³-hybridized carbons (Fsp3) is 0.207. The minimum absolute atomic E-state index is 0.0303. The molecule has 2 N–H and O–H groups in total. The highest BCUT2D eigenvalue weighted by molar-refractivity contribution is 5.78. The van der Waals surface area contributed by atoms with Crippen molar-refractivity contribution in [3.05, 3.63) is 96.2 Å². The molecule has 9 heteroatoms. The van der Waals surface area contributed by atoms with Crippen LogP contribution in [-0.4, -0.2) is 58.9 Å². The summed E-state index contributed by atoms with van der Waals surface area (Å²) in [5.74, 6) is 1.19. The van der Waals surface area contributed by atoms with Crippen LogP contribution >= 0.6 is 0 Å². The van der Waals surface area contributed by atoms with Crippen LogP contribution in [0.2, 0.25) is 0 Å². The third-order valence-corrected chi connectivity index (χ3v) is 5.92. The maximum Gasteiger partial charge on any atom is 0.415 e. The Balaban J connectivity index is 1.59. The molecule has 38 heavy (non-hydrogen) atoms. The van der Waals surface area contributed by atoms with E-state index in [0.717, 1.165) is 5.56 Å². The van der Waals surface area contributed by atoms with E-state index in [4.69, 9.17) is 14.5 Å². The Hall–Kier alpha value is -4.63. The molecule has 0 fully saturated rings. The second-order valence-corrected chi connectivity index (χ2v) is 8.78. The SMILES string of the molecule is COc1ccccc1-c1nc(N(C)Cc2ccccc2)ncc1OC(=O)N(C)CC(O)c1cccc(O)c1. The van der Waals surface area contributed by atoms with Gasteiger partial charge in [-0.3, -0.25) is 0 Å². The zero-order valence-corrected chi connectivity index (χ0v) is 21.5. The van der Waals surface area contributed by atoms with Gasteiger partial charge in [-0.25, -0.2) is 14.8 Å². The van der Waals surface area contributed by atoms with Gasteiger partial charge in [0, 0.05) is 26.2 Å². The molecule has 196 valence electrons. The van der Waals surface area contributed by atoms with Crippen molar-refractivity contribution in [2.75, 3.05) is 32.6 Å². The van der Waals surface area contributed by atoms with Gasteiger partial charge in [0.1, 0.15) is 17.2 Å². The average molecular weight is 515 g/mol. The molecule has 0 aliphatic carbocycles. The van der Waals surface area contributed by atoms with Gasteiger partial charge in [0.25, 0.3) is 0 Å². The summed E-state index contributed by atoms with van der Waals surface area (Å²) < 4.78 is 11.2. The Kier molecular flexibility index (Phi) is 8.40. The lowest BCUT2D eigenvalue weighted by Crippen LogP contribution is -2.33. The summed E-state index contributed by atoms with van der Waals surface area (Å²) in [6, 6.07) is 23.5. The summed E-state index contributed by atoms with van der Waals surface area (Å²) in [6.07, 6.45) is -0.254. The highest BCUT2D eigenvalue weighted by atomic mass is 16.6. The fourth-order valence-electron chi connectivity index (χ4n) is 3.92. The number of anilines is 1. The molecule has 3 aromatic carbocycles. The topological polar surface area (TPSA) is 108 Å². The van der Waals surface area contributed by atoms with Gasteiger partial charge in [-0.2, -0.15) is 0 Å². The standard InChI is InChI=1S/C29H30N4O5/c1-32(18-20-10-5-4-6-11-20)28-30-17-26(27(31-28)23-14-7-8-15-25(23)37-3)38-29(36)33(2)19-24(35)21-12-9-13-22(34)16-21/h4-17,24,34-35H,18-19H2,1-3H3. The highest BCUT2D eigenvalue weighted by Gasteiger charge is 2.22. The maximum absolute atomic E-state index is 13.0. The van der Waals surface area contributed by atoms with Crippen LogP contribution < -0.4 is 14.4 Å². The number of aromatic nitrogens is 2. The minimum atomic E-state index is -1.02. The maximum atomic E-state index is 13.0. The van der Waals surface area contributed by atoms with Crippen molar-refractivity contribution < 1.29 is 24.5 Å². The van der Waals surface area contributed by atoms with E-state index in [1.54, 1.807) is 25.3 Å². The summed E-state index contributed by atoms with van der Waals surface area (Å²) in [5.41, 5.74) is 2.60. The van der Waals surface area contributed by atoms with Gasteiger partial charge in [0.05, 0.1) is 26.0 Å². The molecule has 0 saturated carbocycles. The fourth-order valence-corrected chi connectivity index (χ4v) is 3.92. The number of benzene rings is 3. The van der Waals surface area contributed by atoms with Gasteiger partial charge >= 0.3 is 6.09 Å². The summed E-state index contributed by atoms with van der Waals surface area (Å²) in [7, 11) is 4.96. The predicted octanol–water partition coefficient (Wildman–Crippen LogP) is 4.66. The van der Waals surface area contributed by atoms with Crippen LogP contribution in [0.1, 0.15) is 17.2 Å². The van der Waals surface area contributed by atoms with Crippen molar-refractivity contribution in [3.63, 3.8) is 0 Å². The number of aromatic hydroxyl groups is 1. The number of carbonyl (C=O) groups excluding carboxylic acids is 1. The third-order valence-electron chi connectivity index (χ3n) is 5.92. The first-order chi connectivity index (χ1) is 18.4. The van der Waals surface area contributed by atoms with Gasteiger partial charge in [-0.05, 0) is 35.4 Å². The molecule has 9 nitrogen and oxygen atoms in total. The van der Waals surface area contributed by atoms with Crippen LogP contribution in [0.3, 0.4) is 0 Å². The smallest absolute Gasteiger partial charge is 0.415 e. The van der Waals surface area contributed by atoms with E-state index in [1.807, 2.05) is 60.5 Å². The number of ether oxygens (including phenoxy) is 2. The number of phenolic OH excluding ortho intramolecular Hbond substituents is 1. The molecule has 4 aromatic rings. The van der Waals surface area contributed by atoms with Crippen LogP contribution in [0.15, 0.2) is 85.1 Å². The molecule has 4 rings (SSSR count). The molecule has 1 heterocycles. The zero-order valence-electron chi connectivity index (χ0n) is 21.5. The number of aliphatic hydroxyl groups is 1. The van der Waals surface area contributed by atoms with E-state index in [2.05, 4.69) is 4.98 Å². The number of aliphatic hydroxyl groups excluding tert-OH is 1. The number of hydrogen-bond donors (Lipinski definition) is 2. The molecule has 0 spiro atoms. The second-order valence-electron chi connectivity index (χ2n) is 8.78. The number of nitrogens with zero attached hydrogens (tertiary/aromatic N) is 4. The van der Waals surface area contributed by atoms with Gasteiger partial charge in [0.2, 0.25) is 5.95 Å². The van der Waals surface area contributed by atoms with E-state index in [1.165, 1.54) is 30.3 Å². The monoisotopic (exact) mass is 514 g/mol. The van der Waals surface area contributed by atoms with Gasteiger partial charge < -0.3 is 29.5 Å². The van der Waals surface area contributed by atoms with Crippen LogP contribution in [0.5, 0.6) is 17.2 Å². The number of amides is 1. The van der Waals surface area contributed by atoms with Crippen LogP contribution in [-0.2, 0) is 6.54 Å². The van der Waals surface area contributed by atoms with E-state index in [9.17, 15) is 15.0 Å². The largest absolute Gasteiger partial charge is 0.508 e. The van der Waals surface area contributed by atoms with E-state index in [-0.39, 0.29) is 18.0 Å². The van der Waals surface area contributed by atoms with Gasteiger partial charge in [0.15, 0.2) is 5.75 Å². The molecular formula is C29H30N4O5. The summed E-state index contributed by atoms with van der Waals surface area (Å²) >= 11 is 0. The Morgan fingerprint density at radius 1 is 0.974 bits per heavy atom. The number of carbonyl (C=O) groups is 1. The zero-order chi connectivity index (χ0) is 27.1. The lowest BCUT2D eigenvalue weighted by molar-refractivity contribution is 0.112.